The zero-order chi connectivity index (χ0) is 20.3. The summed E-state index contributed by atoms with van der Waals surface area (Å²) >= 11 is 0. The summed E-state index contributed by atoms with van der Waals surface area (Å²) in [5, 5.41) is 2.88. The van der Waals surface area contributed by atoms with Gasteiger partial charge in [-0.1, -0.05) is 12.1 Å². The normalized spacial score (nSPS) is 16.0. The van der Waals surface area contributed by atoms with Crippen molar-refractivity contribution in [1.29, 1.82) is 0 Å². The van der Waals surface area contributed by atoms with E-state index >= 15 is 0 Å². The number of amides is 1. The van der Waals surface area contributed by atoms with Crippen molar-refractivity contribution in [2.24, 2.45) is 0 Å². The molecule has 0 radical (unpaired) electrons. The molecule has 3 rings (SSSR count). The van der Waals surface area contributed by atoms with Crippen LogP contribution in [0.4, 0.5) is 16.3 Å². The molecule has 1 aromatic heterocycles. The van der Waals surface area contributed by atoms with Crippen LogP contribution in [-0.2, 0) is 4.74 Å². The Hall–Kier alpha value is -2.76. The highest BCUT2D eigenvalue weighted by Crippen LogP contribution is 2.37. The first-order chi connectivity index (χ1) is 13.2. The summed E-state index contributed by atoms with van der Waals surface area (Å²) in [6.07, 6.45) is 2.33. The number of nitrogens with zero attached hydrogens (tertiary/aromatic N) is 2. The molecule has 1 atom stereocenters. The molecular formula is C22H29N3O3. The molecule has 0 bridgehead atoms. The van der Waals surface area contributed by atoms with E-state index in [2.05, 4.69) is 22.4 Å². The minimum Gasteiger partial charge on any atom is -0.493 e. The molecule has 6 heteroatoms. The van der Waals surface area contributed by atoms with Crippen molar-refractivity contribution in [3.8, 4) is 5.75 Å². The van der Waals surface area contributed by atoms with Crippen LogP contribution < -0.4 is 15.0 Å². The van der Waals surface area contributed by atoms with Gasteiger partial charge in [-0.15, -0.1) is 0 Å². The number of carbonyl (C=O) groups is 1. The number of aryl methyl sites for hydroxylation is 1. The third kappa shape index (κ3) is 4.94. The molecule has 0 unspecified atom stereocenters. The Bertz CT molecular complexity index is 828. The van der Waals surface area contributed by atoms with Crippen LogP contribution in [0.5, 0.6) is 5.75 Å². The van der Waals surface area contributed by atoms with Crippen LogP contribution in [0.3, 0.4) is 0 Å². The van der Waals surface area contributed by atoms with Gasteiger partial charge in [0.05, 0.1) is 6.61 Å². The summed E-state index contributed by atoms with van der Waals surface area (Å²) in [5.41, 5.74) is 2.75. The van der Waals surface area contributed by atoms with E-state index in [1.165, 1.54) is 0 Å². The lowest BCUT2D eigenvalue weighted by molar-refractivity contribution is 0.0521. The van der Waals surface area contributed by atoms with Gasteiger partial charge in [0.25, 0.3) is 0 Å². The molecule has 0 saturated heterocycles. The Balaban J connectivity index is 1.71. The lowest BCUT2D eigenvalue weighted by Gasteiger charge is -2.28. The number of pyridine rings is 1. The molecule has 0 spiro atoms. The first-order valence-corrected chi connectivity index (χ1v) is 9.63. The van der Waals surface area contributed by atoms with Crippen LogP contribution >= 0.6 is 0 Å². The van der Waals surface area contributed by atoms with E-state index in [1.807, 2.05) is 64.0 Å². The molecule has 1 N–H and O–H groups in total. The van der Waals surface area contributed by atoms with Crippen molar-refractivity contribution in [2.75, 3.05) is 25.1 Å². The van der Waals surface area contributed by atoms with Gasteiger partial charge >= 0.3 is 6.09 Å². The second-order valence-electron chi connectivity index (χ2n) is 8.19. The molecule has 2 aromatic rings. The zero-order valence-electron chi connectivity index (χ0n) is 17.3. The minimum atomic E-state index is -0.499. The molecule has 28 heavy (non-hydrogen) atoms. The number of benzene rings is 1. The molecule has 0 aliphatic carbocycles. The molecule has 0 fully saturated rings. The molecule has 1 aromatic carbocycles. The highest BCUT2D eigenvalue weighted by atomic mass is 16.6. The topological polar surface area (TPSA) is 63.7 Å². The summed E-state index contributed by atoms with van der Waals surface area (Å²) in [5.74, 6) is 1.94. The maximum Gasteiger partial charge on any atom is 0.407 e. The van der Waals surface area contributed by atoms with E-state index < -0.39 is 5.60 Å². The molecule has 1 aliphatic rings. The number of fused-ring (bicyclic) bond motifs is 1. The summed E-state index contributed by atoms with van der Waals surface area (Å²) < 4.78 is 11.2. The van der Waals surface area contributed by atoms with Crippen LogP contribution in [0.2, 0.25) is 0 Å². The van der Waals surface area contributed by atoms with E-state index in [1.54, 1.807) is 0 Å². The van der Waals surface area contributed by atoms with Crippen molar-refractivity contribution in [3.63, 3.8) is 0 Å². The number of ether oxygens (including phenoxy) is 2. The molecular weight excluding hydrogens is 354 g/mol. The SMILES string of the molecule is Cc1ccc(N(C)c2ccc3c(c2)OCC[C@H]3CNC(=O)OC(C)(C)C)nc1. The number of alkyl carbamates (subject to hydrolysis) is 1. The van der Waals surface area contributed by atoms with Gasteiger partial charge < -0.3 is 19.7 Å². The lowest BCUT2D eigenvalue weighted by Crippen LogP contribution is -2.35. The average Bonchev–Trinajstić information content (AvgIpc) is 2.64. The summed E-state index contributed by atoms with van der Waals surface area (Å²) in [6.45, 7) is 8.75. The summed E-state index contributed by atoms with van der Waals surface area (Å²) in [7, 11) is 1.99. The Morgan fingerprint density at radius 3 is 2.79 bits per heavy atom. The first kappa shape index (κ1) is 20.0. The van der Waals surface area contributed by atoms with Gasteiger partial charge in [-0.25, -0.2) is 9.78 Å². The van der Waals surface area contributed by atoms with E-state index in [4.69, 9.17) is 9.47 Å². The van der Waals surface area contributed by atoms with Gasteiger partial charge in [-0.3, -0.25) is 0 Å². The van der Waals surface area contributed by atoms with Crippen LogP contribution in [-0.4, -0.2) is 36.9 Å². The van der Waals surface area contributed by atoms with Crippen LogP contribution in [0.25, 0.3) is 0 Å². The Morgan fingerprint density at radius 1 is 1.32 bits per heavy atom. The maximum absolute atomic E-state index is 12.0. The second-order valence-corrected chi connectivity index (χ2v) is 8.19. The standard InChI is InChI=1S/C22H29N3O3/c1-15-6-9-20(23-13-15)25(5)17-7-8-18-16(10-11-27-19(18)12-17)14-24-21(26)28-22(2,3)4/h6-9,12-13,16H,10-11,14H2,1-5H3,(H,24,26)/t16-/m0/s1. The Kier molecular flexibility index (Phi) is 5.77. The fourth-order valence-electron chi connectivity index (χ4n) is 3.18. The molecule has 2 heterocycles. The number of nitrogens with one attached hydrogen (secondary N) is 1. The predicted octanol–water partition coefficient (Wildman–Crippen LogP) is 4.55. The average molecular weight is 383 g/mol. The van der Waals surface area contributed by atoms with Crippen LogP contribution in [0.15, 0.2) is 36.5 Å². The summed E-state index contributed by atoms with van der Waals surface area (Å²) in [4.78, 5) is 18.5. The van der Waals surface area contributed by atoms with E-state index in [9.17, 15) is 4.79 Å². The quantitative estimate of drug-likeness (QED) is 0.839. The highest BCUT2D eigenvalue weighted by molar-refractivity contribution is 5.68. The number of aromatic nitrogens is 1. The largest absolute Gasteiger partial charge is 0.493 e. The molecule has 1 amide bonds. The zero-order valence-corrected chi connectivity index (χ0v) is 17.3. The van der Waals surface area contributed by atoms with Gasteiger partial charge in [0.15, 0.2) is 0 Å². The fourth-order valence-corrected chi connectivity index (χ4v) is 3.18. The Morgan fingerprint density at radius 2 is 2.11 bits per heavy atom. The third-order valence-corrected chi connectivity index (χ3v) is 4.68. The monoisotopic (exact) mass is 383 g/mol. The van der Waals surface area contributed by atoms with Crippen molar-refractivity contribution in [3.05, 3.63) is 47.7 Å². The van der Waals surface area contributed by atoms with Gasteiger partial charge in [-0.05, 0) is 57.4 Å². The molecule has 0 saturated carbocycles. The van der Waals surface area contributed by atoms with Crippen molar-refractivity contribution >= 4 is 17.6 Å². The number of carbonyl (C=O) groups excluding carboxylic acids is 1. The summed E-state index contributed by atoms with van der Waals surface area (Å²) in [6, 6.07) is 10.2. The van der Waals surface area contributed by atoms with Gasteiger partial charge in [0, 0.05) is 37.5 Å². The lowest BCUT2D eigenvalue weighted by atomic mass is 9.92. The van der Waals surface area contributed by atoms with Crippen LogP contribution in [0.1, 0.15) is 44.2 Å². The van der Waals surface area contributed by atoms with E-state index in [0.29, 0.717) is 13.2 Å². The number of hydrogen-bond donors (Lipinski definition) is 1. The Labute approximate surface area is 166 Å². The van der Waals surface area contributed by atoms with Gasteiger partial charge in [0.2, 0.25) is 0 Å². The van der Waals surface area contributed by atoms with Crippen molar-refractivity contribution in [2.45, 2.75) is 45.6 Å². The van der Waals surface area contributed by atoms with E-state index in [-0.39, 0.29) is 12.0 Å². The number of rotatable bonds is 4. The predicted molar refractivity (Wildman–Crippen MR) is 111 cm³/mol. The number of hydrogen-bond acceptors (Lipinski definition) is 5. The van der Waals surface area contributed by atoms with Gasteiger partial charge in [0.1, 0.15) is 17.2 Å². The molecule has 6 nitrogen and oxygen atoms in total. The maximum atomic E-state index is 12.0. The smallest absolute Gasteiger partial charge is 0.407 e. The van der Waals surface area contributed by atoms with Crippen molar-refractivity contribution in [1.82, 2.24) is 10.3 Å². The molecule has 1 aliphatic heterocycles. The van der Waals surface area contributed by atoms with E-state index in [0.717, 1.165) is 34.8 Å². The highest BCUT2D eigenvalue weighted by Gasteiger charge is 2.24. The fraction of sp³-hybridized carbons (Fsp3) is 0.455. The van der Waals surface area contributed by atoms with Crippen molar-refractivity contribution < 1.29 is 14.3 Å². The van der Waals surface area contributed by atoms with Crippen LogP contribution in [0, 0.1) is 6.92 Å². The van der Waals surface area contributed by atoms with Gasteiger partial charge in [-0.2, -0.15) is 0 Å². The third-order valence-electron chi connectivity index (χ3n) is 4.68. The molecule has 150 valence electrons. The second kappa shape index (κ2) is 8.09. The first-order valence-electron chi connectivity index (χ1n) is 9.63. The number of anilines is 2. The minimum absolute atomic E-state index is 0.202.